The minimum absolute atomic E-state index is 0.119. The van der Waals surface area contributed by atoms with E-state index in [1.807, 2.05) is 24.3 Å². The van der Waals surface area contributed by atoms with Crippen molar-refractivity contribution in [2.45, 2.75) is 89.4 Å². The summed E-state index contributed by atoms with van der Waals surface area (Å²) in [6.45, 7) is 4.06. The third-order valence-electron chi connectivity index (χ3n) is 7.81. The molecular weight excluding hydrogens is 444 g/mol. The molecular formula is C27H42N4O4. The van der Waals surface area contributed by atoms with Gasteiger partial charge in [-0.15, -0.1) is 0 Å². The molecule has 2 aliphatic rings. The Morgan fingerprint density at radius 2 is 1.83 bits per heavy atom. The zero-order valence-electron chi connectivity index (χ0n) is 21.3. The standard InChI is InChI=1S/C27H42N4O4/c1-4-18-10-8-9-13-21(18)22(28)15-24(33)31-16-20(19-11-6-5-7-12-19)14-23(31)26(34)30-25(17(2)32)27(35)29-3/h8-10,13,17,19-20,22-23,25,32H,4-7,11-12,14-16,28H2,1-3H3,(H,29,35)(H,30,34)/t17?,20-,22+,23+,25+/m1/s1. The van der Waals surface area contributed by atoms with Gasteiger partial charge in [-0.05, 0) is 42.7 Å². The number of likely N-dealkylation sites (tertiary alicyclic amines) is 1. The predicted octanol–water partition coefficient (Wildman–Crippen LogP) is 2.05. The molecule has 1 aliphatic heterocycles. The minimum atomic E-state index is -1.07. The van der Waals surface area contributed by atoms with E-state index in [0.29, 0.717) is 18.9 Å². The number of benzene rings is 1. The lowest BCUT2D eigenvalue weighted by Crippen LogP contribution is -2.56. The zero-order chi connectivity index (χ0) is 25.5. The summed E-state index contributed by atoms with van der Waals surface area (Å²) >= 11 is 0. The number of rotatable bonds is 9. The first-order valence-corrected chi connectivity index (χ1v) is 13.1. The number of aliphatic hydroxyl groups excluding tert-OH is 1. The Balaban J connectivity index is 1.78. The molecule has 1 unspecified atom stereocenters. The number of hydrogen-bond acceptors (Lipinski definition) is 5. The molecule has 35 heavy (non-hydrogen) atoms. The van der Waals surface area contributed by atoms with Gasteiger partial charge in [-0.3, -0.25) is 14.4 Å². The van der Waals surface area contributed by atoms with Gasteiger partial charge in [-0.1, -0.05) is 63.3 Å². The van der Waals surface area contributed by atoms with Gasteiger partial charge in [0.05, 0.1) is 6.10 Å². The molecule has 1 saturated carbocycles. The van der Waals surface area contributed by atoms with Crippen molar-refractivity contribution in [1.29, 1.82) is 0 Å². The molecule has 194 valence electrons. The van der Waals surface area contributed by atoms with Crippen LogP contribution in [0.25, 0.3) is 0 Å². The van der Waals surface area contributed by atoms with Gasteiger partial charge < -0.3 is 26.4 Å². The molecule has 2 fully saturated rings. The van der Waals surface area contributed by atoms with Crippen molar-refractivity contribution >= 4 is 17.7 Å². The van der Waals surface area contributed by atoms with Gasteiger partial charge in [-0.25, -0.2) is 0 Å². The Hall–Kier alpha value is -2.45. The van der Waals surface area contributed by atoms with Crippen LogP contribution in [0.5, 0.6) is 0 Å². The summed E-state index contributed by atoms with van der Waals surface area (Å²) in [5.74, 6) is -0.257. The molecule has 1 aromatic carbocycles. The molecule has 5 N–H and O–H groups in total. The van der Waals surface area contributed by atoms with Crippen molar-refractivity contribution in [2.24, 2.45) is 17.6 Å². The summed E-state index contributed by atoms with van der Waals surface area (Å²) in [7, 11) is 1.46. The maximum absolute atomic E-state index is 13.5. The fraction of sp³-hybridized carbons (Fsp3) is 0.667. The number of nitrogens with zero attached hydrogens (tertiary/aromatic N) is 1. The van der Waals surface area contributed by atoms with Crippen LogP contribution in [-0.2, 0) is 20.8 Å². The molecule has 1 saturated heterocycles. The van der Waals surface area contributed by atoms with Crippen LogP contribution in [0.4, 0.5) is 0 Å². The van der Waals surface area contributed by atoms with Gasteiger partial charge in [0.25, 0.3) is 0 Å². The Bertz CT molecular complexity index is 884. The largest absolute Gasteiger partial charge is 0.391 e. The topological polar surface area (TPSA) is 125 Å². The number of aliphatic hydroxyl groups is 1. The number of nitrogens with one attached hydrogen (secondary N) is 2. The summed E-state index contributed by atoms with van der Waals surface area (Å²) < 4.78 is 0. The molecule has 0 spiro atoms. The molecule has 1 aliphatic carbocycles. The lowest BCUT2D eigenvalue weighted by atomic mass is 9.79. The number of aryl methyl sites for hydroxylation is 1. The molecule has 3 rings (SSSR count). The van der Waals surface area contributed by atoms with E-state index < -0.39 is 36.0 Å². The lowest BCUT2D eigenvalue weighted by molar-refractivity contribution is -0.140. The summed E-state index contributed by atoms with van der Waals surface area (Å²) in [6.07, 6.45) is 6.32. The van der Waals surface area contributed by atoms with Gasteiger partial charge in [0.2, 0.25) is 17.7 Å². The molecule has 3 amide bonds. The average Bonchev–Trinajstić information content (AvgIpc) is 3.33. The maximum atomic E-state index is 13.5. The van der Waals surface area contributed by atoms with E-state index >= 15 is 0 Å². The van der Waals surface area contributed by atoms with Gasteiger partial charge in [0.15, 0.2) is 0 Å². The molecule has 0 bridgehead atoms. The average molecular weight is 487 g/mol. The molecule has 1 heterocycles. The van der Waals surface area contributed by atoms with Crippen molar-refractivity contribution < 1.29 is 19.5 Å². The second-order valence-corrected chi connectivity index (χ2v) is 10.2. The van der Waals surface area contributed by atoms with E-state index in [9.17, 15) is 19.5 Å². The third kappa shape index (κ3) is 6.61. The number of hydrogen-bond donors (Lipinski definition) is 4. The first-order chi connectivity index (χ1) is 16.8. The summed E-state index contributed by atoms with van der Waals surface area (Å²) in [5.41, 5.74) is 8.56. The number of carbonyl (C=O) groups is 3. The highest BCUT2D eigenvalue weighted by Crippen LogP contribution is 2.38. The summed E-state index contributed by atoms with van der Waals surface area (Å²) in [4.78, 5) is 40.8. The smallest absolute Gasteiger partial charge is 0.245 e. The monoisotopic (exact) mass is 486 g/mol. The Morgan fingerprint density at radius 3 is 2.46 bits per heavy atom. The second-order valence-electron chi connectivity index (χ2n) is 10.2. The zero-order valence-corrected chi connectivity index (χ0v) is 21.3. The normalized spacial score (nSPS) is 23.4. The number of carbonyl (C=O) groups excluding carboxylic acids is 3. The van der Waals surface area contributed by atoms with Crippen LogP contribution in [0, 0.1) is 11.8 Å². The number of amides is 3. The van der Waals surface area contributed by atoms with Gasteiger partial charge in [-0.2, -0.15) is 0 Å². The van der Waals surface area contributed by atoms with E-state index in [1.165, 1.54) is 33.2 Å². The summed E-state index contributed by atoms with van der Waals surface area (Å²) in [6, 6.07) is 5.70. The van der Waals surface area contributed by atoms with E-state index in [-0.39, 0.29) is 18.2 Å². The highest BCUT2D eigenvalue weighted by Gasteiger charge is 2.43. The van der Waals surface area contributed by atoms with Gasteiger partial charge >= 0.3 is 0 Å². The van der Waals surface area contributed by atoms with Crippen molar-refractivity contribution in [3.63, 3.8) is 0 Å². The highest BCUT2D eigenvalue weighted by atomic mass is 16.3. The predicted molar refractivity (Wildman–Crippen MR) is 135 cm³/mol. The first kappa shape index (κ1) is 27.1. The lowest BCUT2D eigenvalue weighted by Gasteiger charge is -2.28. The van der Waals surface area contributed by atoms with Crippen LogP contribution >= 0.6 is 0 Å². The SMILES string of the molecule is CCc1ccccc1[C@@H](N)CC(=O)N1C[C@H](C2CCCCC2)C[C@H]1C(=O)N[C@H](C(=O)NC)C(C)O. The molecule has 0 radical (unpaired) electrons. The molecule has 0 aromatic heterocycles. The Kier molecular flexibility index (Phi) is 9.69. The maximum Gasteiger partial charge on any atom is 0.245 e. The fourth-order valence-electron chi connectivity index (χ4n) is 5.78. The van der Waals surface area contributed by atoms with Crippen molar-refractivity contribution in [2.75, 3.05) is 13.6 Å². The minimum Gasteiger partial charge on any atom is -0.391 e. The molecule has 8 nitrogen and oxygen atoms in total. The summed E-state index contributed by atoms with van der Waals surface area (Å²) in [5, 5.41) is 15.2. The Labute approximate surface area is 209 Å². The van der Waals surface area contributed by atoms with Crippen LogP contribution in [0.1, 0.15) is 76.0 Å². The van der Waals surface area contributed by atoms with E-state index in [2.05, 4.69) is 17.6 Å². The third-order valence-corrected chi connectivity index (χ3v) is 7.81. The van der Waals surface area contributed by atoms with Crippen LogP contribution in [0.3, 0.4) is 0 Å². The second kappa shape index (κ2) is 12.5. The van der Waals surface area contributed by atoms with E-state index in [1.54, 1.807) is 4.90 Å². The number of likely N-dealkylation sites (N-methyl/N-ethyl adjacent to an activating group) is 1. The van der Waals surface area contributed by atoms with Crippen LogP contribution in [-0.4, -0.2) is 59.5 Å². The molecule has 1 aromatic rings. The van der Waals surface area contributed by atoms with Crippen LogP contribution in [0.15, 0.2) is 24.3 Å². The fourth-order valence-corrected chi connectivity index (χ4v) is 5.78. The number of nitrogens with two attached hydrogens (primary N) is 1. The highest BCUT2D eigenvalue weighted by molar-refractivity contribution is 5.92. The van der Waals surface area contributed by atoms with Crippen molar-refractivity contribution in [1.82, 2.24) is 15.5 Å². The van der Waals surface area contributed by atoms with Crippen molar-refractivity contribution in [3.05, 3.63) is 35.4 Å². The van der Waals surface area contributed by atoms with Crippen LogP contribution in [0.2, 0.25) is 0 Å². The van der Waals surface area contributed by atoms with E-state index in [4.69, 9.17) is 5.73 Å². The quantitative estimate of drug-likeness (QED) is 0.425. The van der Waals surface area contributed by atoms with Gasteiger partial charge in [0, 0.05) is 26.1 Å². The molecule has 8 heteroatoms. The molecule has 5 atom stereocenters. The first-order valence-electron chi connectivity index (χ1n) is 13.1. The van der Waals surface area contributed by atoms with E-state index in [0.717, 1.165) is 30.4 Å². The van der Waals surface area contributed by atoms with Crippen molar-refractivity contribution in [3.8, 4) is 0 Å². The van der Waals surface area contributed by atoms with Gasteiger partial charge in [0.1, 0.15) is 12.1 Å². The van der Waals surface area contributed by atoms with Crippen LogP contribution < -0.4 is 16.4 Å². The Morgan fingerprint density at radius 1 is 1.14 bits per heavy atom.